The van der Waals surface area contributed by atoms with E-state index in [0.717, 1.165) is 12.1 Å². The van der Waals surface area contributed by atoms with Crippen molar-refractivity contribution in [1.29, 1.82) is 0 Å². The molecule has 2 aliphatic rings. The molecule has 3 rings (SSSR count). The molecule has 0 bridgehead atoms. The highest BCUT2D eigenvalue weighted by molar-refractivity contribution is 5.94. The molecule has 3 nitrogen and oxygen atoms in total. The van der Waals surface area contributed by atoms with Crippen LogP contribution >= 0.6 is 0 Å². The van der Waals surface area contributed by atoms with Gasteiger partial charge in [0.15, 0.2) is 5.90 Å². The summed E-state index contributed by atoms with van der Waals surface area (Å²) in [5.41, 5.74) is 0.000491. The molecule has 0 spiro atoms. The summed E-state index contributed by atoms with van der Waals surface area (Å²) in [4.78, 5) is 15.8. The summed E-state index contributed by atoms with van der Waals surface area (Å²) in [6.45, 7) is 1.59. The Kier molecular flexibility index (Phi) is 2.45. The van der Waals surface area contributed by atoms with E-state index in [0.29, 0.717) is 11.5 Å². The first-order valence-electron chi connectivity index (χ1n) is 5.81. The van der Waals surface area contributed by atoms with E-state index in [4.69, 9.17) is 4.74 Å². The van der Waals surface area contributed by atoms with Crippen molar-refractivity contribution in [2.45, 2.75) is 25.1 Å². The summed E-state index contributed by atoms with van der Waals surface area (Å²) in [6.07, 6.45) is -4.34. The van der Waals surface area contributed by atoms with Gasteiger partial charge in [-0.1, -0.05) is 12.1 Å². The fourth-order valence-corrected chi connectivity index (χ4v) is 2.49. The van der Waals surface area contributed by atoms with Crippen molar-refractivity contribution < 1.29 is 22.7 Å². The molecule has 0 aromatic heterocycles. The molecular formula is C13H10F3NO2. The third-order valence-electron chi connectivity index (χ3n) is 3.46. The Morgan fingerprint density at radius 1 is 1.16 bits per heavy atom. The van der Waals surface area contributed by atoms with Crippen LogP contribution in [0.4, 0.5) is 13.2 Å². The highest BCUT2D eigenvalue weighted by Crippen LogP contribution is 2.52. The van der Waals surface area contributed by atoms with Crippen molar-refractivity contribution >= 4 is 11.9 Å². The maximum absolute atomic E-state index is 12.4. The third kappa shape index (κ3) is 2.01. The number of cyclic esters (lactones) is 1. The van der Waals surface area contributed by atoms with Crippen LogP contribution in [0, 0.1) is 5.92 Å². The molecule has 1 heterocycles. The molecule has 100 valence electrons. The van der Waals surface area contributed by atoms with E-state index in [1.807, 2.05) is 0 Å². The molecule has 1 aromatic carbocycles. The number of halogens is 3. The predicted molar refractivity (Wildman–Crippen MR) is 60.7 cm³/mol. The third-order valence-corrected chi connectivity index (χ3v) is 3.46. The normalized spacial score (nSPS) is 29.4. The van der Waals surface area contributed by atoms with E-state index in [-0.39, 0.29) is 23.8 Å². The van der Waals surface area contributed by atoms with E-state index < -0.39 is 11.7 Å². The second-order valence-electron chi connectivity index (χ2n) is 4.73. The Morgan fingerprint density at radius 2 is 1.79 bits per heavy atom. The topological polar surface area (TPSA) is 38.7 Å². The van der Waals surface area contributed by atoms with Gasteiger partial charge < -0.3 is 4.74 Å². The van der Waals surface area contributed by atoms with Gasteiger partial charge in [-0.05, 0) is 17.7 Å². The van der Waals surface area contributed by atoms with E-state index >= 15 is 0 Å². The number of nitrogens with zero attached hydrogens (tertiary/aromatic N) is 1. The fourth-order valence-electron chi connectivity index (χ4n) is 2.49. The molecule has 1 aromatic rings. The van der Waals surface area contributed by atoms with Gasteiger partial charge in [-0.25, -0.2) is 0 Å². The zero-order valence-electron chi connectivity index (χ0n) is 9.94. The molecule has 1 fully saturated rings. The first-order chi connectivity index (χ1) is 8.88. The second kappa shape index (κ2) is 3.82. The highest BCUT2D eigenvalue weighted by Gasteiger charge is 2.59. The molecule has 19 heavy (non-hydrogen) atoms. The van der Waals surface area contributed by atoms with Crippen LogP contribution in [0.2, 0.25) is 0 Å². The number of esters is 1. The summed E-state index contributed by atoms with van der Waals surface area (Å²) in [5.74, 6) is -0.532. The largest absolute Gasteiger partial charge is 0.416 e. The number of ether oxygens (including phenoxy) is 1. The maximum Gasteiger partial charge on any atom is 0.416 e. The van der Waals surface area contributed by atoms with E-state index in [1.54, 1.807) is 6.92 Å². The summed E-state index contributed by atoms with van der Waals surface area (Å²) < 4.78 is 42.2. The van der Waals surface area contributed by atoms with Crippen molar-refractivity contribution in [3.8, 4) is 0 Å². The van der Waals surface area contributed by atoms with Crippen LogP contribution in [0.3, 0.4) is 0 Å². The van der Waals surface area contributed by atoms with Crippen molar-refractivity contribution in [1.82, 2.24) is 0 Å². The zero-order valence-corrected chi connectivity index (χ0v) is 9.94. The van der Waals surface area contributed by atoms with Crippen LogP contribution in [-0.4, -0.2) is 17.9 Å². The highest BCUT2D eigenvalue weighted by atomic mass is 19.4. The molecule has 2 unspecified atom stereocenters. The summed E-state index contributed by atoms with van der Waals surface area (Å²) in [6, 6.07) is 4.69. The molecule has 6 heteroatoms. The van der Waals surface area contributed by atoms with Gasteiger partial charge in [0.25, 0.3) is 0 Å². The quantitative estimate of drug-likeness (QED) is 0.735. The van der Waals surface area contributed by atoms with Gasteiger partial charge in [0.2, 0.25) is 0 Å². The number of fused-ring (bicyclic) bond motifs is 1. The molecule has 1 saturated carbocycles. The van der Waals surface area contributed by atoms with Crippen LogP contribution in [0.25, 0.3) is 0 Å². The monoisotopic (exact) mass is 269 g/mol. The number of aliphatic imine (C=N–C) groups is 1. The number of carbonyl (C=O) groups is 1. The van der Waals surface area contributed by atoms with Crippen LogP contribution in [0.15, 0.2) is 29.3 Å². The van der Waals surface area contributed by atoms with Gasteiger partial charge in [0.05, 0.1) is 17.5 Å². The van der Waals surface area contributed by atoms with Gasteiger partial charge in [0, 0.05) is 12.8 Å². The van der Waals surface area contributed by atoms with Crippen molar-refractivity contribution in [2.75, 3.05) is 0 Å². The predicted octanol–water partition coefficient (Wildman–Crippen LogP) is 2.76. The minimum Gasteiger partial charge on any atom is -0.412 e. The minimum absolute atomic E-state index is 0.160. The van der Waals surface area contributed by atoms with Crippen molar-refractivity contribution in [3.63, 3.8) is 0 Å². The lowest BCUT2D eigenvalue weighted by molar-refractivity contribution is -0.138. The second-order valence-corrected chi connectivity index (χ2v) is 4.73. The average molecular weight is 269 g/mol. The number of rotatable bonds is 1. The van der Waals surface area contributed by atoms with E-state index in [9.17, 15) is 18.0 Å². The Balaban J connectivity index is 1.84. The first kappa shape index (κ1) is 12.2. The molecule has 0 saturated heterocycles. The lowest BCUT2D eigenvalue weighted by Gasteiger charge is -2.07. The van der Waals surface area contributed by atoms with Gasteiger partial charge in [-0.2, -0.15) is 13.2 Å². The summed E-state index contributed by atoms with van der Waals surface area (Å²) >= 11 is 0. The van der Waals surface area contributed by atoms with Crippen LogP contribution in [0.1, 0.15) is 24.0 Å². The van der Waals surface area contributed by atoms with Gasteiger partial charge in [0.1, 0.15) is 0 Å². The molecule has 0 amide bonds. The molecule has 0 radical (unpaired) electrons. The Hall–Kier alpha value is -1.85. The number of carbonyl (C=O) groups excluding carboxylic acids is 1. The van der Waals surface area contributed by atoms with Crippen LogP contribution in [0.5, 0.6) is 0 Å². The minimum atomic E-state index is -4.34. The smallest absolute Gasteiger partial charge is 0.412 e. The van der Waals surface area contributed by atoms with Crippen LogP contribution in [-0.2, 0) is 15.7 Å². The number of benzene rings is 1. The van der Waals surface area contributed by atoms with Gasteiger partial charge in [-0.3, -0.25) is 9.79 Å². The number of hydrogen-bond donors (Lipinski definition) is 0. The van der Waals surface area contributed by atoms with Crippen molar-refractivity contribution in [2.24, 2.45) is 10.9 Å². The zero-order chi connectivity index (χ0) is 13.8. The lowest BCUT2D eigenvalue weighted by atomic mass is 10.1. The van der Waals surface area contributed by atoms with Crippen molar-refractivity contribution in [3.05, 3.63) is 35.4 Å². The summed E-state index contributed by atoms with van der Waals surface area (Å²) in [5, 5.41) is 0. The SMILES string of the molecule is CC1=N[C@H]2C(C(=O)O1)C2c1ccc(C(F)(F)F)cc1. The molecule has 3 atom stereocenters. The molecule has 1 aliphatic heterocycles. The number of alkyl halides is 3. The Morgan fingerprint density at radius 3 is 2.37 bits per heavy atom. The first-order valence-corrected chi connectivity index (χ1v) is 5.81. The molecule has 0 N–H and O–H groups in total. The fraction of sp³-hybridized carbons (Fsp3) is 0.385. The van der Waals surface area contributed by atoms with Gasteiger partial charge in [-0.15, -0.1) is 0 Å². The Bertz CT molecular complexity index is 562. The van der Waals surface area contributed by atoms with E-state index in [1.165, 1.54) is 12.1 Å². The van der Waals surface area contributed by atoms with Gasteiger partial charge >= 0.3 is 12.1 Å². The number of hydrogen-bond acceptors (Lipinski definition) is 3. The maximum atomic E-state index is 12.4. The lowest BCUT2D eigenvalue weighted by Crippen LogP contribution is -2.18. The summed E-state index contributed by atoms with van der Waals surface area (Å²) in [7, 11) is 0. The average Bonchev–Trinajstić information content (AvgIpc) is 3.02. The standard InChI is InChI=1S/C13H10F3NO2/c1-6-17-11-9(10(11)12(18)19-6)7-2-4-8(5-3-7)13(14,15)16/h2-5,9-11H,1H3/t9?,10?,11-/m1/s1. The van der Waals surface area contributed by atoms with E-state index in [2.05, 4.69) is 4.99 Å². The molecular weight excluding hydrogens is 259 g/mol. The Labute approximate surface area is 107 Å². The van der Waals surface area contributed by atoms with Crippen LogP contribution < -0.4 is 0 Å². The molecule has 1 aliphatic carbocycles.